The molecule has 0 unspecified atom stereocenters. The molecule has 0 bridgehead atoms. The number of hydrogen-bond acceptors (Lipinski definition) is 3. The molecule has 0 aromatic heterocycles. The lowest BCUT2D eigenvalue weighted by Crippen LogP contribution is -2.54. The van der Waals surface area contributed by atoms with Crippen molar-refractivity contribution in [3.8, 4) is 5.75 Å². The number of nitrogens with zero attached hydrogens (tertiary/aromatic N) is 2. The number of carbonyl (C=O) groups excluding carboxylic acids is 2. The average Bonchev–Trinajstić information content (AvgIpc) is 2.62. The fraction of sp³-hybridized carbons (Fsp3) is 0.263. The van der Waals surface area contributed by atoms with E-state index >= 15 is 0 Å². The lowest BCUT2D eigenvalue weighted by Gasteiger charge is -2.33. The van der Waals surface area contributed by atoms with E-state index in [1.165, 1.54) is 21.9 Å². The van der Waals surface area contributed by atoms with Crippen molar-refractivity contribution in [2.45, 2.75) is 13.5 Å². The molecule has 2 aromatic carbocycles. The lowest BCUT2D eigenvalue weighted by molar-refractivity contribution is -0.146. The third-order valence-corrected chi connectivity index (χ3v) is 4.05. The number of halogens is 1. The van der Waals surface area contributed by atoms with E-state index in [0.717, 1.165) is 11.3 Å². The maximum Gasteiger partial charge on any atom is 0.316 e. The third-order valence-electron chi connectivity index (χ3n) is 4.05. The third kappa shape index (κ3) is 3.79. The maximum atomic E-state index is 13.0. The van der Waals surface area contributed by atoms with Crippen LogP contribution in [0.3, 0.4) is 0 Å². The Morgan fingerprint density at radius 2 is 1.64 bits per heavy atom. The summed E-state index contributed by atoms with van der Waals surface area (Å²) in [4.78, 5) is 27.8. The van der Waals surface area contributed by atoms with Gasteiger partial charge in [-0.2, -0.15) is 0 Å². The molecule has 2 aromatic rings. The second kappa shape index (κ2) is 7.34. The van der Waals surface area contributed by atoms with Crippen molar-refractivity contribution in [2.24, 2.45) is 0 Å². The van der Waals surface area contributed by atoms with Gasteiger partial charge in [0, 0.05) is 25.3 Å². The molecule has 2 amide bonds. The first-order valence-electron chi connectivity index (χ1n) is 8.16. The fourth-order valence-electron chi connectivity index (χ4n) is 2.77. The molecular weight excluding hydrogens is 323 g/mol. The fourth-order valence-corrected chi connectivity index (χ4v) is 2.77. The summed E-state index contributed by atoms with van der Waals surface area (Å²) in [6.07, 6.45) is 0. The van der Waals surface area contributed by atoms with Crippen molar-refractivity contribution >= 4 is 17.5 Å². The molecule has 25 heavy (non-hydrogen) atoms. The first-order chi connectivity index (χ1) is 12.1. The number of benzene rings is 2. The van der Waals surface area contributed by atoms with E-state index in [4.69, 9.17) is 4.74 Å². The summed E-state index contributed by atoms with van der Waals surface area (Å²) >= 11 is 0. The summed E-state index contributed by atoms with van der Waals surface area (Å²) in [7, 11) is 0. The number of amides is 2. The van der Waals surface area contributed by atoms with Gasteiger partial charge in [-0.25, -0.2) is 4.39 Å². The van der Waals surface area contributed by atoms with Crippen LogP contribution in [0.25, 0.3) is 0 Å². The Labute approximate surface area is 145 Å². The van der Waals surface area contributed by atoms with Gasteiger partial charge in [-0.05, 0) is 48.9 Å². The quantitative estimate of drug-likeness (QED) is 0.785. The summed E-state index contributed by atoms with van der Waals surface area (Å²) in [5.41, 5.74) is 1.46. The van der Waals surface area contributed by atoms with E-state index in [-0.39, 0.29) is 5.82 Å². The Bertz CT molecular complexity index is 759. The molecule has 6 heteroatoms. The van der Waals surface area contributed by atoms with Crippen molar-refractivity contribution in [2.75, 3.05) is 24.6 Å². The molecule has 0 N–H and O–H groups in total. The van der Waals surface area contributed by atoms with E-state index in [0.29, 0.717) is 31.9 Å². The monoisotopic (exact) mass is 342 g/mol. The average molecular weight is 342 g/mol. The van der Waals surface area contributed by atoms with Crippen LogP contribution in [0, 0.1) is 5.82 Å². The van der Waals surface area contributed by atoms with Gasteiger partial charge >= 0.3 is 11.8 Å². The molecule has 5 nitrogen and oxygen atoms in total. The molecule has 1 heterocycles. The van der Waals surface area contributed by atoms with E-state index in [1.54, 1.807) is 36.4 Å². The normalized spacial score (nSPS) is 14.8. The highest BCUT2D eigenvalue weighted by molar-refractivity contribution is 6.40. The highest BCUT2D eigenvalue weighted by atomic mass is 19.1. The Morgan fingerprint density at radius 1 is 0.960 bits per heavy atom. The molecule has 1 saturated heterocycles. The van der Waals surface area contributed by atoms with Crippen LogP contribution in [0.1, 0.15) is 12.5 Å². The number of carbonyl (C=O) groups is 2. The van der Waals surface area contributed by atoms with Crippen molar-refractivity contribution in [3.05, 3.63) is 59.9 Å². The zero-order chi connectivity index (χ0) is 17.8. The standard InChI is InChI=1S/C19H19FN2O3/c1-2-25-17-9-7-16(8-10-17)22-12-11-21(18(23)19(22)24)13-14-3-5-15(20)6-4-14/h3-10H,2,11-13H2,1H3. The largest absolute Gasteiger partial charge is 0.494 e. The van der Waals surface area contributed by atoms with Crippen LogP contribution in [0.5, 0.6) is 5.75 Å². The minimum atomic E-state index is -0.558. The Morgan fingerprint density at radius 3 is 2.28 bits per heavy atom. The van der Waals surface area contributed by atoms with Gasteiger partial charge in [-0.3, -0.25) is 9.59 Å². The van der Waals surface area contributed by atoms with Gasteiger partial charge in [0.1, 0.15) is 11.6 Å². The van der Waals surface area contributed by atoms with Gasteiger partial charge in [0.2, 0.25) is 0 Å². The topological polar surface area (TPSA) is 49.9 Å². The summed E-state index contributed by atoms with van der Waals surface area (Å²) in [6.45, 7) is 3.60. The zero-order valence-electron chi connectivity index (χ0n) is 13.9. The van der Waals surface area contributed by atoms with Crippen molar-refractivity contribution in [1.29, 1.82) is 0 Å². The van der Waals surface area contributed by atoms with Crippen LogP contribution in [-0.2, 0) is 16.1 Å². The van der Waals surface area contributed by atoms with Crippen LogP contribution in [0.2, 0.25) is 0 Å². The minimum Gasteiger partial charge on any atom is -0.494 e. The van der Waals surface area contributed by atoms with Gasteiger partial charge in [-0.15, -0.1) is 0 Å². The summed E-state index contributed by atoms with van der Waals surface area (Å²) < 4.78 is 18.4. The van der Waals surface area contributed by atoms with Crippen LogP contribution >= 0.6 is 0 Å². The van der Waals surface area contributed by atoms with E-state index in [9.17, 15) is 14.0 Å². The van der Waals surface area contributed by atoms with Gasteiger partial charge in [0.15, 0.2) is 0 Å². The first kappa shape index (κ1) is 17.0. The number of piperazine rings is 1. The van der Waals surface area contributed by atoms with Gasteiger partial charge < -0.3 is 14.5 Å². The maximum absolute atomic E-state index is 13.0. The Hall–Kier alpha value is -2.89. The molecular formula is C19H19FN2O3. The minimum absolute atomic E-state index is 0.294. The van der Waals surface area contributed by atoms with Crippen LogP contribution in [0.15, 0.2) is 48.5 Å². The lowest BCUT2D eigenvalue weighted by atomic mass is 10.1. The molecule has 0 atom stereocenters. The molecule has 1 fully saturated rings. The van der Waals surface area contributed by atoms with Crippen molar-refractivity contribution < 1.29 is 18.7 Å². The van der Waals surface area contributed by atoms with Crippen LogP contribution in [0.4, 0.5) is 10.1 Å². The number of hydrogen-bond donors (Lipinski definition) is 0. The molecule has 1 aliphatic heterocycles. The number of rotatable bonds is 5. The molecule has 0 spiro atoms. The van der Waals surface area contributed by atoms with Gasteiger partial charge in [0.05, 0.1) is 6.61 Å². The summed E-state index contributed by atoms with van der Waals surface area (Å²) in [5, 5.41) is 0. The van der Waals surface area contributed by atoms with Crippen LogP contribution in [-0.4, -0.2) is 36.4 Å². The second-order valence-electron chi connectivity index (χ2n) is 5.74. The van der Waals surface area contributed by atoms with Crippen molar-refractivity contribution in [1.82, 2.24) is 4.90 Å². The summed E-state index contributed by atoms with van der Waals surface area (Å²) in [6, 6.07) is 13.0. The summed E-state index contributed by atoms with van der Waals surface area (Å²) in [5.74, 6) is -0.714. The molecule has 130 valence electrons. The number of anilines is 1. The molecule has 0 radical (unpaired) electrons. The number of ether oxygens (including phenoxy) is 1. The smallest absolute Gasteiger partial charge is 0.316 e. The molecule has 0 saturated carbocycles. The predicted molar refractivity (Wildman–Crippen MR) is 91.8 cm³/mol. The zero-order valence-corrected chi connectivity index (χ0v) is 13.9. The molecule has 3 rings (SSSR count). The Balaban J connectivity index is 1.68. The van der Waals surface area contributed by atoms with Gasteiger partial charge in [-0.1, -0.05) is 12.1 Å². The van der Waals surface area contributed by atoms with Gasteiger partial charge in [0.25, 0.3) is 0 Å². The highest BCUT2D eigenvalue weighted by Gasteiger charge is 2.33. The van der Waals surface area contributed by atoms with E-state index < -0.39 is 11.8 Å². The predicted octanol–water partition coefficient (Wildman–Crippen LogP) is 2.60. The molecule has 0 aliphatic carbocycles. The Kier molecular flexibility index (Phi) is 4.97. The highest BCUT2D eigenvalue weighted by Crippen LogP contribution is 2.22. The first-order valence-corrected chi connectivity index (χ1v) is 8.16. The van der Waals surface area contributed by atoms with E-state index in [2.05, 4.69) is 0 Å². The molecule has 1 aliphatic rings. The second-order valence-corrected chi connectivity index (χ2v) is 5.74. The van der Waals surface area contributed by atoms with E-state index in [1.807, 2.05) is 6.92 Å². The van der Waals surface area contributed by atoms with Crippen molar-refractivity contribution in [3.63, 3.8) is 0 Å². The van der Waals surface area contributed by atoms with Crippen LogP contribution < -0.4 is 9.64 Å². The SMILES string of the molecule is CCOc1ccc(N2CCN(Cc3ccc(F)cc3)C(=O)C2=O)cc1.